The summed E-state index contributed by atoms with van der Waals surface area (Å²) in [6.07, 6.45) is 9.47. The molecular weight excluding hydrogens is 292 g/mol. The number of phenols is 1. The maximum atomic E-state index is 10.2. The topological polar surface area (TPSA) is 20.2 Å². The van der Waals surface area contributed by atoms with Gasteiger partial charge in [-0.25, -0.2) is 0 Å². The molecule has 0 saturated heterocycles. The van der Waals surface area contributed by atoms with Gasteiger partial charge in [-0.1, -0.05) is 33.1 Å². The van der Waals surface area contributed by atoms with E-state index >= 15 is 0 Å². The normalized spacial score (nSPS) is 33.1. The number of benzene rings is 1. The second kappa shape index (κ2) is 6.83. The van der Waals surface area contributed by atoms with Crippen LogP contribution < -0.4 is 0 Å². The fourth-order valence-electron chi connectivity index (χ4n) is 5.84. The molecule has 24 heavy (non-hydrogen) atoms. The first-order chi connectivity index (χ1) is 11.6. The number of hydrogen-bond donors (Lipinski definition) is 1. The molecule has 0 aromatic heterocycles. The maximum Gasteiger partial charge on any atom is 0.131 e. The Bertz CT molecular complexity index is 663. The largest absolute Gasteiger partial charge is 0.507 e. The van der Waals surface area contributed by atoms with Gasteiger partial charge in [0.1, 0.15) is 5.75 Å². The highest BCUT2D eigenvalue weighted by atomic mass is 16.3. The standard InChI is InChI=1S/C21H26O.C2H6/c1-3-5-15-12-18-14(13-20(15)22)7-8-17-16(18)9-11-21(2)10-4-6-19(17)21;1-2/h12-13,16-17,19,22H,4,6-11H2,1-2H3;1-2H3. The molecule has 1 heteroatoms. The Morgan fingerprint density at radius 3 is 2.67 bits per heavy atom. The predicted octanol–water partition coefficient (Wildman–Crippen LogP) is 6.04. The number of fused-ring (bicyclic) bond motifs is 5. The molecule has 0 radical (unpaired) electrons. The molecule has 1 nitrogen and oxygen atoms in total. The highest BCUT2D eigenvalue weighted by molar-refractivity contribution is 5.52. The van der Waals surface area contributed by atoms with Crippen molar-refractivity contribution in [3.05, 3.63) is 28.8 Å². The monoisotopic (exact) mass is 324 g/mol. The van der Waals surface area contributed by atoms with E-state index in [4.69, 9.17) is 0 Å². The van der Waals surface area contributed by atoms with Crippen LogP contribution >= 0.6 is 0 Å². The summed E-state index contributed by atoms with van der Waals surface area (Å²) < 4.78 is 0. The summed E-state index contributed by atoms with van der Waals surface area (Å²) in [6, 6.07) is 4.20. The van der Waals surface area contributed by atoms with E-state index < -0.39 is 0 Å². The minimum absolute atomic E-state index is 0.369. The Kier molecular flexibility index (Phi) is 4.95. The fourth-order valence-corrected chi connectivity index (χ4v) is 5.84. The van der Waals surface area contributed by atoms with Gasteiger partial charge in [0.15, 0.2) is 0 Å². The van der Waals surface area contributed by atoms with E-state index in [2.05, 4.69) is 24.8 Å². The van der Waals surface area contributed by atoms with Crippen molar-refractivity contribution in [3.63, 3.8) is 0 Å². The summed E-state index contributed by atoms with van der Waals surface area (Å²) in [6.45, 7) is 8.38. The second-order valence-corrected chi connectivity index (χ2v) is 7.94. The van der Waals surface area contributed by atoms with Crippen LogP contribution in [0.2, 0.25) is 0 Å². The molecule has 1 N–H and O–H groups in total. The lowest BCUT2D eigenvalue weighted by Gasteiger charge is -2.49. The van der Waals surface area contributed by atoms with Crippen molar-refractivity contribution in [3.8, 4) is 17.6 Å². The number of aryl methyl sites for hydroxylation is 1. The summed E-state index contributed by atoms with van der Waals surface area (Å²) in [7, 11) is 0. The molecule has 0 bridgehead atoms. The van der Waals surface area contributed by atoms with Crippen LogP contribution in [0.3, 0.4) is 0 Å². The predicted molar refractivity (Wildman–Crippen MR) is 101 cm³/mol. The second-order valence-electron chi connectivity index (χ2n) is 7.94. The van der Waals surface area contributed by atoms with Crippen molar-refractivity contribution < 1.29 is 5.11 Å². The highest BCUT2D eigenvalue weighted by Gasteiger charge is 2.50. The first kappa shape index (κ1) is 17.4. The number of aromatic hydroxyl groups is 1. The molecule has 0 aliphatic heterocycles. The lowest BCUT2D eigenvalue weighted by molar-refractivity contribution is 0.0598. The Labute approximate surface area is 147 Å². The van der Waals surface area contributed by atoms with Crippen LogP contribution in [0.15, 0.2) is 12.1 Å². The Balaban J connectivity index is 0.000000815. The molecule has 3 aliphatic rings. The van der Waals surface area contributed by atoms with Crippen LogP contribution in [0.1, 0.15) is 88.8 Å². The summed E-state index contributed by atoms with van der Waals surface area (Å²) in [4.78, 5) is 0. The zero-order valence-electron chi connectivity index (χ0n) is 15.8. The molecule has 1 aromatic rings. The molecular formula is C23H32O. The Morgan fingerprint density at radius 1 is 1.12 bits per heavy atom. The molecule has 0 heterocycles. The van der Waals surface area contributed by atoms with Crippen molar-refractivity contribution >= 4 is 0 Å². The first-order valence-electron chi connectivity index (χ1n) is 9.91. The van der Waals surface area contributed by atoms with E-state index in [0.717, 1.165) is 23.8 Å². The SMILES string of the molecule is CC.CC#Cc1cc2c(cc1O)CCC1C2CCC2(C)CCCC12. The van der Waals surface area contributed by atoms with E-state index in [1.807, 2.05) is 26.8 Å². The van der Waals surface area contributed by atoms with Gasteiger partial charge in [0.05, 0.1) is 5.56 Å². The summed E-state index contributed by atoms with van der Waals surface area (Å²) in [5.41, 5.74) is 4.31. The summed E-state index contributed by atoms with van der Waals surface area (Å²) in [5.74, 6) is 8.87. The zero-order valence-corrected chi connectivity index (χ0v) is 15.8. The molecule has 4 unspecified atom stereocenters. The van der Waals surface area contributed by atoms with E-state index in [0.29, 0.717) is 17.1 Å². The lowest BCUT2D eigenvalue weighted by atomic mass is 9.56. The quantitative estimate of drug-likeness (QED) is 0.577. The maximum absolute atomic E-state index is 10.2. The molecule has 3 aliphatic carbocycles. The van der Waals surface area contributed by atoms with Crippen molar-refractivity contribution in [1.29, 1.82) is 0 Å². The van der Waals surface area contributed by atoms with Gasteiger partial charge in [-0.2, -0.15) is 0 Å². The first-order valence-corrected chi connectivity index (χ1v) is 9.91. The van der Waals surface area contributed by atoms with E-state index in [9.17, 15) is 5.11 Å². The average molecular weight is 325 g/mol. The molecule has 4 rings (SSSR count). The summed E-state index contributed by atoms with van der Waals surface area (Å²) in [5, 5.41) is 10.2. The van der Waals surface area contributed by atoms with Gasteiger partial charge >= 0.3 is 0 Å². The van der Waals surface area contributed by atoms with Gasteiger partial charge in [0, 0.05) is 0 Å². The molecule has 4 atom stereocenters. The molecule has 1 aromatic carbocycles. The van der Waals surface area contributed by atoms with Crippen LogP contribution in [0.25, 0.3) is 0 Å². The van der Waals surface area contributed by atoms with E-state index in [1.54, 1.807) is 0 Å². The molecule has 0 amide bonds. The third-order valence-corrected chi connectivity index (χ3v) is 6.88. The molecule has 2 saturated carbocycles. The molecule has 130 valence electrons. The van der Waals surface area contributed by atoms with Crippen molar-refractivity contribution in [2.75, 3.05) is 0 Å². The van der Waals surface area contributed by atoms with E-state index in [1.165, 1.54) is 49.7 Å². The van der Waals surface area contributed by atoms with Crippen LogP contribution in [0.5, 0.6) is 5.75 Å². The van der Waals surface area contributed by atoms with Crippen molar-refractivity contribution in [2.24, 2.45) is 17.3 Å². The van der Waals surface area contributed by atoms with Crippen LogP contribution in [-0.2, 0) is 6.42 Å². The Morgan fingerprint density at radius 2 is 1.92 bits per heavy atom. The smallest absolute Gasteiger partial charge is 0.131 e. The van der Waals surface area contributed by atoms with Crippen molar-refractivity contribution in [1.82, 2.24) is 0 Å². The number of rotatable bonds is 0. The van der Waals surface area contributed by atoms with Gasteiger partial charge in [-0.3, -0.25) is 0 Å². The number of hydrogen-bond acceptors (Lipinski definition) is 1. The fraction of sp³-hybridized carbons (Fsp3) is 0.652. The summed E-state index contributed by atoms with van der Waals surface area (Å²) >= 11 is 0. The number of phenolic OH excluding ortho intramolecular Hbond substituents is 1. The van der Waals surface area contributed by atoms with Crippen LogP contribution in [0, 0.1) is 29.1 Å². The van der Waals surface area contributed by atoms with Crippen LogP contribution in [0.4, 0.5) is 0 Å². The Hall–Kier alpha value is -1.42. The van der Waals surface area contributed by atoms with Gasteiger partial charge in [0.2, 0.25) is 0 Å². The third kappa shape index (κ3) is 2.75. The van der Waals surface area contributed by atoms with Gasteiger partial charge in [0.25, 0.3) is 0 Å². The minimum Gasteiger partial charge on any atom is -0.507 e. The van der Waals surface area contributed by atoms with E-state index in [-0.39, 0.29) is 0 Å². The molecule has 2 fully saturated rings. The highest BCUT2D eigenvalue weighted by Crippen LogP contribution is 2.61. The third-order valence-electron chi connectivity index (χ3n) is 6.88. The van der Waals surface area contributed by atoms with Gasteiger partial charge in [-0.15, -0.1) is 5.92 Å². The molecule has 0 spiro atoms. The zero-order chi connectivity index (χ0) is 17.3. The van der Waals surface area contributed by atoms with Crippen molar-refractivity contribution in [2.45, 2.75) is 78.6 Å². The minimum atomic E-state index is 0.369. The van der Waals surface area contributed by atoms with Crippen LogP contribution in [-0.4, -0.2) is 5.11 Å². The lowest BCUT2D eigenvalue weighted by Crippen LogP contribution is -2.39. The van der Waals surface area contributed by atoms with Gasteiger partial charge in [-0.05, 0) is 91.9 Å². The average Bonchev–Trinajstić information content (AvgIpc) is 2.99. The van der Waals surface area contributed by atoms with Gasteiger partial charge < -0.3 is 5.11 Å².